The zero-order valence-electron chi connectivity index (χ0n) is 9.64. The number of nitrogens with zero attached hydrogens (tertiary/aromatic N) is 1. The molecule has 6 heteroatoms. The van der Waals surface area contributed by atoms with Crippen molar-refractivity contribution in [3.05, 3.63) is 28.5 Å². The second kappa shape index (κ2) is 4.28. The van der Waals surface area contributed by atoms with Crippen LogP contribution in [0.1, 0.15) is 19.3 Å². The molecule has 1 saturated heterocycles. The molecular formula is C12H13BrFNO2S. The Morgan fingerprint density at radius 3 is 2.67 bits per heavy atom. The lowest BCUT2D eigenvalue weighted by molar-refractivity contribution is 0.332. The smallest absolute Gasteiger partial charge is 0.207 e. The molecule has 0 amide bonds. The van der Waals surface area contributed by atoms with E-state index in [2.05, 4.69) is 15.9 Å². The SMILES string of the molecule is O=S(=O)(c1c(F)cccc1Br)N1CC2CCC1C2. The zero-order chi connectivity index (χ0) is 12.9. The lowest BCUT2D eigenvalue weighted by Crippen LogP contribution is -2.38. The molecule has 1 aromatic rings. The Labute approximate surface area is 114 Å². The van der Waals surface area contributed by atoms with Crippen LogP contribution in [0.15, 0.2) is 27.6 Å². The summed E-state index contributed by atoms with van der Waals surface area (Å²) in [5.74, 6) is -0.234. The number of piperidine rings is 1. The van der Waals surface area contributed by atoms with Gasteiger partial charge < -0.3 is 0 Å². The van der Waals surface area contributed by atoms with Gasteiger partial charge >= 0.3 is 0 Å². The summed E-state index contributed by atoms with van der Waals surface area (Å²) in [6, 6.07) is 4.30. The van der Waals surface area contributed by atoms with Gasteiger partial charge in [-0.1, -0.05) is 6.07 Å². The molecule has 1 aromatic carbocycles. The number of hydrogen-bond donors (Lipinski definition) is 0. The van der Waals surface area contributed by atoms with Crippen LogP contribution >= 0.6 is 15.9 Å². The Morgan fingerprint density at radius 1 is 1.33 bits per heavy atom. The molecule has 0 N–H and O–H groups in total. The van der Waals surface area contributed by atoms with Crippen LogP contribution in [0.25, 0.3) is 0 Å². The topological polar surface area (TPSA) is 37.4 Å². The molecule has 18 heavy (non-hydrogen) atoms. The summed E-state index contributed by atoms with van der Waals surface area (Å²) in [6.07, 6.45) is 2.91. The molecule has 98 valence electrons. The number of sulfonamides is 1. The monoisotopic (exact) mass is 333 g/mol. The molecule has 1 aliphatic carbocycles. The highest BCUT2D eigenvalue weighted by molar-refractivity contribution is 9.10. The number of benzene rings is 1. The van der Waals surface area contributed by atoms with Crippen LogP contribution in [0.2, 0.25) is 0 Å². The van der Waals surface area contributed by atoms with Gasteiger partial charge in [0.1, 0.15) is 10.7 Å². The molecule has 1 heterocycles. The van der Waals surface area contributed by atoms with Crippen LogP contribution < -0.4 is 0 Å². The highest BCUT2D eigenvalue weighted by Gasteiger charge is 2.45. The van der Waals surface area contributed by atoms with Gasteiger partial charge in [0.15, 0.2) is 0 Å². The van der Waals surface area contributed by atoms with E-state index in [4.69, 9.17) is 0 Å². The van der Waals surface area contributed by atoms with Crippen molar-refractivity contribution >= 4 is 26.0 Å². The van der Waals surface area contributed by atoms with E-state index in [-0.39, 0.29) is 10.9 Å². The molecule has 1 aliphatic heterocycles. The number of fused-ring (bicyclic) bond motifs is 2. The van der Waals surface area contributed by atoms with E-state index >= 15 is 0 Å². The minimum atomic E-state index is -3.72. The third-order valence-corrected chi connectivity index (χ3v) is 6.76. The lowest BCUT2D eigenvalue weighted by Gasteiger charge is -2.26. The van der Waals surface area contributed by atoms with Gasteiger partial charge in [0.25, 0.3) is 0 Å². The van der Waals surface area contributed by atoms with E-state index < -0.39 is 15.8 Å². The molecule has 2 fully saturated rings. The van der Waals surface area contributed by atoms with Crippen LogP contribution in [0.5, 0.6) is 0 Å². The van der Waals surface area contributed by atoms with E-state index in [0.717, 1.165) is 19.3 Å². The summed E-state index contributed by atoms with van der Waals surface area (Å²) in [5.41, 5.74) is 0. The summed E-state index contributed by atoms with van der Waals surface area (Å²) in [5, 5.41) is 0. The predicted molar refractivity (Wildman–Crippen MR) is 69.1 cm³/mol. The van der Waals surface area contributed by atoms with Crippen molar-refractivity contribution < 1.29 is 12.8 Å². The fourth-order valence-electron chi connectivity index (χ4n) is 3.02. The van der Waals surface area contributed by atoms with Crippen molar-refractivity contribution in [1.29, 1.82) is 0 Å². The number of halogens is 2. The third-order valence-electron chi connectivity index (χ3n) is 3.84. The maximum absolute atomic E-state index is 13.8. The summed E-state index contributed by atoms with van der Waals surface area (Å²) < 4.78 is 40.6. The van der Waals surface area contributed by atoms with Crippen molar-refractivity contribution in [3.8, 4) is 0 Å². The summed E-state index contributed by atoms with van der Waals surface area (Å²) >= 11 is 3.14. The molecule has 3 nitrogen and oxygen atoms in total. The second-order valence-corrected chi connectivity index (χ2v) is 7.64. The highest BCUT2D eigenvalue weighted by Crippen LogP contribution is 2.41. The van der Waals surface area contributed by atoms with Gasteiger partial charge in [-0.15, -0.1) is 0 Å². The maximum atomic E-state index is 13.8. The fraction of sp³-hybridized carbons (Fsp3) is 0.500. The van der Waals surface area contributed by atoms with E-state index in [1.54, 1.807) is 6.07 Å². The van der Waals surface area contributed by atoms with Crippen molar-refractivity contribution in [2.75, 3.05) is 6.54 Å². The first-order valence-corrected chi connectivity index (χ1v) is 8.19. The molecule has 0 aromatic heterocycles. The van der Waals surface area contributed by atoms with Gasteiger partial charge in [0.05, 0.1) is 0 Å². The van der Waals surface area contributed by atoms with Crippen molar-refractivity contribution in [2.45, 2.75) is 30.2 Å². The molecule has 0 radical (unpaired) electrons. The van der Waals surface area contributed by atoms with Gasteiger partial charge in [-0.3, -0.25) is 0 Å². The minimum Gasteiger partial charge on any atom is -0.207 e. The minimum absolute atomic E-state index is 0.0616. The molecule has 0 spiro atoms. The lowest BCUT2D eigenvalue weighted by atomic mass is 10.1. The largest absolute Gasteiger partial charge is 0.247 e. The maximum Gasteiger partial charge on any atom is 0.247 e. The zero-order valence-corrected chi connectivity index (χ0v) is 12.0. The van der Waals surface area contributed by atoms with Crippen LogP contribution in [0.4, 0.5) is 4.39 Å². The number of rotatable bonds is 2. The Bertz CT molecular complexity index is 569. The molecular weight excluding hydrogens is 321 g/mol. The van der Waals surface area contributed by atoms with E-state index in [9.17, 15) is 12.8 Å². The Balaban J connectivity index is 2.05. The average Bonchev–Trinajstić information content (AvgIpc) is 2.90. The molecule has 1 saturated carbocycles. The molecule has 2 bridgehead atoms. The van der Waals surface area contributed by atoms with Crippen molar-refractivity contribution in [2.24, 2.45) is 5.92 Å². The molecule has 2 unspecified atom stereocenters. The fourth-order valence-corrected chi connectivity index (χ4v) is 5.83. The standard InChI is InChI=1S/C12H13BrFNO2S/c13-10-2-1-3-11(14)12(10)18(16,17)15-7-8-4-5-9(15)6-8/h1-3,8-9H,4-7H2. The van der Waals surface area contributed by atoms with Gasteiger partial charge in [-0.05, 0) is 53.2 Å². The number of hydrogen-bond acceptors (Lipinski definition) is 2. The Kier molecular flexibility index (Phi) is 2.99. The first kappa shape index (κ1) is 12.6. The third kappa shape index (κ3) is 1.82. The first-order chi connectivity index (χ1) is 8.50. The summed E-state index contributed by atoms with van der Waals surface area (Å²) in [6.45, 7) is 0.535. The van der Waals surface area contributed by atoms with Gasteiger partial charge in [-0.25, -0.2) is 12.8 Å². The first-order valence-electron chi connectivity index (χ1n) is 5.96. The Morgan fingerprint density at radius 2 is 2.11 bits per heavy atom. The van der Waals surface area contributed by atoms with E-state index in [1.807, 2.05) is 0 Å². The Hall–Kier alpha value is -0.460. The molecule has 2 atom stereocenters. The van der Waals surface area contributed by atoms with E-state index in [0.29, 0.717) is 16.9 Å². The van der Waals surface area contributed by atoms with Gasteiger partial charge in [0, 0.05) is 17.1 Å². The highest BCUT2D eigenvalue weighted by atomic mass is 79.9. The summed E-state index contributed by atoms with van der Waals surface area (Å²) in [7, 11) is -3.72. The van der Waals surface area contributed by atoms with Gasteiger partial charge in [0.2, 0.25) is 10.0 Å². The van der Waals surface area contributed by atoms with Gasteiger partial charge in [-0.2, -0.15) is 4.31 Å². The van der Waals surface area contributed by atoms with Crippen LogP contribution in [-0.4, -0.2) is 25.3 Å². The normalized spacial score (nSPS) is 27.9. The quantitative estimate of drug-likeness (QED) is 0.834. The molecule has 3 rings (SSSR count). The van der Waals surface area contributed by atoms with Crippen LogP contribution in [0.3, 0.4) is 0 Å². The predicted octanol–water partition coefficient (Wildman–Crippen LogP) is 2.76. The summed E-state index contributed by atoms with van der Waals surface area (Å²) in [4.78, 5) is -0.224. The molecule has 2 aliphatic rings. The van der Waals surface area contributed by atoms with E-state index in [1.165, 1.54) is 16.4 Å². The van der Waals surface area contributed by atoms with Crippen molar-refractivity contribution in [1.82, 2.24) is 4.31 Å². The second-order valence-electron chi connectivity index (χ2n) is 4.96. The van der Waals surface area contributed by atoms with Crippen molar-refractivity contribution in [3.63, 3.8) is 0 Å². The van der Waals surface area contributed by atoms with Crippen LogP contribution in [0, 0.1) is 11.7 Å². The average molecular weight is 334 g/mol. The van der Waals surface area contributed by atoms with Crippen LogP contribution in [-0.2, 0) is 10.0 Å².